The molecule has 2 aromatic heterocycles. The molecule has 0 aliphatic carbocycles. The van der Waals surface area contributed by atoms with Crippen LogP contribution in [-0.4, -0.2) is 4.98 Å². The second kappa shape index (κ2) is 10.3. The monoisotopic (exact) mass is 554 g/mol. The van der Waals surface area contributed by atoms with Gasteiger partial charge in [0.15, 0.2) is 0 Å². The molecular weight excluding hydrogens is 529 g/mol. The number of nitrogens with zero attached hydrogens (tertiary/aromatic N) is 2. The number of thiophene rings is 1. The van der Waals surface area contributed by atoms with Gasteiger partial charge in [-0.25, -0.2) is 0 Å². The lowest BCUT2D eigenvalue weighted by Gasteiger charge is -2.26. The summed E-state index contributed by atoms with van der Waals surface area (Å²) in [5.41, 5.74) is 8.15. The highest BCUT2D eigenvalue weighted by atomic mass is 32.1. The van der Waals surface area contributed by atoms with Gasteiger partial charge in [0.25, 0.3) is 0 Å². The summed E-state index contributed by atoms with van der Waals surface area (Å²) in [6.07, 6.45) is 4.01. The summed E-state index contributed by atoms with van der Waals surface area (Å²) in [5, 5.41) is 4.86. The van der Waals surface area contributed by atoms with E-state index in [0.717, 1.165) is 17.1 Å². The maximum absolute atomic E-state index is 4.74. The first kappa shape index (κ1) is 24.5. The number of fused-ring (bicyclic) bond motifs is 4. The summed E-state index contributed by atoms with van der Waals surface area (Å²) >= 11 is 1.83. The standard InChI is InChI=1S/C39H26N2S/c1-3-9-27(10-4-1)29-17-20-33(21-18-29)41(37-26-40-25-36-35-13-7-8-14-38(35)42-39(36)37)34-22-19-31-23-30(15-16-32(31)24-34)28-11-5-2-6-12-28/h1-26H. The first-order valence-corrected chi connectivity index (χ1v) is 14.9. The zero-order valence-electron chi connectivity index (χ0n) is 22.8. The Kier molecular flexibility index (Phi) is 6.02. The van der Waals surface area contributed by atoms with Crippen LogP contribution in [0.2, 0.25) is 0 Å². The van der Waals surface area contributed by atoms with E-state index in [1.54, 1.807) is 0 Å². The third-order valence-electron chi connectivity index (χ3n) is 7.93. The Morgan fingerprint density at radius 1 is 0.452 bits per heavy atom. The van der Waals surface area contributed by atoms with Crippen LogP contribution in [0.5, 0.6) is 0 Å². The van der Waals surface area contributed by atoms with Gasteiger partial charge in [-0.3, -0.25) is 4.98 Å². The van der Waals surface area contributed by atoms with Gasteiger partial charge in [0.1, 0.15) is 0 Å². The van der Waals surface area contributed by atoms with E-state index in [0.29, 0.717) is 0 Å². The number of rotatable bonds is 5. The van der Waals surface area contributed by atoms with Crippen LogP contribution in [0.3, 0.4) is 0 Å². The van der Waals surface area contributed by atoms with Crippen LogP contribution < -0.4 is 4.90 Å². The summed E-state index contributed by atoms with van der Waals surface area (Å²) < 4.78 is 2.51. The smallest absolute Gasteiger partial charge is 0.0824 e. The SMILES string of the molecule is c1ccc(-c2ccc(N(c3ccc4cc(-c5ccccc5)ccc4c3)c3cncc4c3sc3ccccc34)cc2)cc1. The molecule has 0 fully saturated rings. The maximum Gasteiger partial charge on any atom is 0.0824 e. The molecule has 0 spiro atoms. The minimum Gasteiger partial charge on any atom is -0.308 e. The van der Waals surface area contributed by atoms with Gasteiger partial charge in [-0.2, -0.15) is 0 Å². The van der Waals surface area contributed by atoms with Crippen molar-refractivity contribution in [1.82, 2.24) is 4.98 Å². The van der Waals surface area contributed by atoms with Crippen LogP contribution >= 0.6 is 11.3 Å². The van der Waals surface area contributed by atoms with Crippen molar-refractivity contribution in [2.45, 2.75) is 0 Å². The number of hydrogen-bond acceptors (Lipinski definition) is 3. The van der Waals surface area contributed by atoms with E-state index in [1.165, 1.54) is 53.2 Å². The Labute approximate surface area is 248 Å². The summed E-state index contributed by atoms with van der Waals surface area (Å²) in [7, 11) is 0. The van der Waals surface area contributed by atoms with Gasteiger partial charge in [0.2, 0.25) is 0 Å². The van der Waals surface area contributed by atoms with Crippen molar-refractivity contribution < 1.29 is 0 Å². The largest absolute Gasteiger partial charge is 0.308 e. The Morgan fingerprint density at radius 3 is 1.83 bits per heavy atom. The van der Waals surface area contributed by atoms with E-state index in [4.69, 9.17) is 4.98 Å². The zero-order valence-corrected chi connectivity index (χ0v) is 23.6. The molecule has 8 rings (SSSR count). The Bertz CT molecular complexity index is 2180. The molecule has 42 heavy (non-hydrogen) atoms. The van der Waals surface area contributed by atoms with E-state index in [9.17, 15) is 0 Å². The maximum atomic E-state index is 4.74. The van der Waals surface area contributed by atoms with E-state index in [1.807, 2.05) is 23.7 Å². The van der Waals surface area contributed by atoms with Gasteiger partial charge in [0, 0.05) is 33.0 Å². The van der Waals surface area contributed by atoms with Crippen LogP contribution in [0.4, 0.5) is 17.1 Å². The van der Waals surface area contributed by atoms with Crippen LogP contribution in [0.1, 0.15) is 0 Å². The third-order valence-corrected chi connectivity index (χ3v) is 9.14. The zero-order chi connectivity index (χ0) is 27.9. The molecule has 0 N–H and O–H groups in total. The van der Waals surface area contributed by atoms with E-state index >= 15 is 0 Å². The lowest BCUT2D eigenvalue weighted by atomic mass is 10.0. The van der Waals surface area contributed by atoms with Crippen molar-refractivity contribution in [2.24, 2.45) is 0 Å². The summed E-state index contributed by atoms with van der Waals surface area (Å²) in [6.45, 7) is 0. The number of anilines is 3. The Morgan fingerprint density at radius 2 is 1.05 bits per heavy atom. The average molecular weight is 555 g/mol. The summed E-state index contributed by atoms with van der Waals surface area (Å²) in [6, 6.07) is 52.1. The minimum atomic E-state index is 1.08. The van der Waals surface area contributed by atoms with Crippen molar-refractivity contribution in [3.8, 4) is 22.3 Å². The van der Waals surface area contributed by atoms with Gasteiger partial charge >= 0.3 is 0 Å². The first-order valence-electron chi connectivity index (χ1n) is 14.1. The molecule has 2 heterocycles. The second-order valence-electron chi connectivity index (χ2n) is 10.5. The Hall–Kier alpha value is -5.25. The molecule has 0 aliphatic heterocycles. The molecule has 0 atom stereocenters. The topological polar surface area (TPSA) is 16.1 Å². The number of hydrogen-bond donors (Lipinski definition) is 0. The fraction of sp³-hybridized carbons (Fsp3) is 0. The molecule has 0 radical (unpaired) electrons. The molecule has 0 saturated carbocycles. The van der Waals surface area contributed by atoms with Gasteiger partial charge in [0.05, 0.1) is 16.6 Å². The lowest BCUT2D eigenvalue weighted by molar-refractivity contribution is 1.26. The molecule has 0 amide bonds. The fourth-order valence-electron chi connectivity index (χ4n) is 5.83. The average Bonchev–Trinajstić information content (AvgIpc) is 3.45. The summed E-state index contributed by atoms with van der Waals surface area (Å²) in [4.78, 5) is 7.10. The van der Waals surface area contributed by atoms with Crippen LogP contribution in [0.15, 0.2) is 158 Å². The van der Waals surface area contributed by atoms with Crippen molar-refractivity contribution in [2.75, 3.05) is 4.90 Å². The molecular formula is C39H26N2S. The minimum absolute atomic E-state index is 1.08. The molecule has 8 aromatic rings. The Balaban J connectivity index is 1.30. The highest BCUT2D eigenvalue weighted by molar-refractivity contribution is 7.26. The van der Waals surface area contributed by atoms with Gasteiger partial charge < -0.3 is 4.90 Å². The van der Waals surface area contributed by atoms with E-state index < -0.39 is 0 Å². The van der Waals surface area contributed by atoms with Crippen molar-refractivity contribution in [3.05, 3.63) is 158 Å². The molecule has 6 aromatic carbocycles. The van der Waals surface area contributed by atoms with Crippen LogP contribution in [0, 0.1) is 0 Å². The number of aromatic nitrogens is 1. The molecule has 0 bridgehead atoms. The molecule has 2 nitrogen and oxygen atoms in total. The first-order chi connectivity index (χ1) is 20.8. The second-order valence-corrected chi connectivity index (χ2v) is 11.5. The van der Waals surface area contributed by atoms with Gasteiger partial charge in [-0.05, 0) is 69.4 Å². The normalized spacial score (nSPS) is 11.3. The van der Waals surface area contributed by atoms with Crippen LogP contribution in [0.25, 0.3) is 53.2 Å². The lowest BCUT2D eigenvalue weighted by Crippen LogP contribution is -2.10. The molecule has 3 heteroatoms. The highest BCUT2D eigenvalue weighted by Gasteiger charge is 2.19. The highest BCUT2D eigenvalue weighted by Crippen LogP contribution is 2.45. The number of benzene rings is 6. The van der Waals surface area contributed by atoms with E-state index in [-0.39, 0.29) is 0 Å². The third kappa shape index (κ3) is 4.32. The number of pyridine rings is 1. The van der Waals surface area contributed by atoms with Crippen LogP contribution in [-0.2, 0) is 0 Å². The fourth-order valence-corrected chi connectivity index (χ4v) is 7.00. The van der Waals surface area contributed by atoms with Gasteiger partial charge in [-0.1, -0.05) is 109 Å². The van der Waals surface area contributed by atoms with Crippen molar-refractivity contribution in [1.29, 1.82) is 0 Å². The molecule has 0 unspecified atom stereocenters. The van der Waals surface area contributed by atoms with Crippen molar-refractivity contribution in [3.63, 3.8) is 0 Å². The van der Waals surface area contributed by atoms with E-state index in [2.05, 4.69) is 150 Å². The molecule has 0 aliphatic rings. The molecule has 0 saturated heterocycles. The van der Waals surface area contributed by atoms with Crippen molar-refractivity contribution >= 4 is 59.3 Å². The van der Waals surface area contributed by atoms with Gasteiger partial charge in [-0.15, -0.1) is 11.3 Å². The summed E-state index contributed by atoms with van der Waals surface area (Å²) in [5.74, 6) is 0. The molecule has 198 valence electrons. The quantitative estimate of drug-likeness (QED) is 0.210. The predicted molar refractivity (Wildman–Crippen MR) is 180 cm³/mol. The predicted octanol–water partition coefficient (Wildman–Crippen LogP) is 11.4.